The van der Waals surface area contributed by atoms with Crippen molar-refractivity contribution in [2.24, 2.45) is 0 Å². The smallest absolute Gasteiger partial charge is 0.338 e. The molecule has 0 amide bonds. The Hall–Kier alpha value is -1.96. The summed E-state index contributed by atoms with van der Waals surface area (Å²) in [6.45, 7) is 2.59. The summed E-state index contributed by atoms with van der Waals surface area (Å²) in [6, 6.07) is 8.22. The van der Waals surface area contributed by atoms with Crippen molar-refractivity contribution in [3.05, 3.63) is 35.9 Å². The molecular formula is C15H18O7. The van der Waals surface area contributed by atoms with E-state index in [1.807, 2.05) is 0 Å². The highest BCUT2D eigenvalue weighted by Gasteiger charge is 2.50. The molecule has 0 aromatic heterocycles. The molecule has 2 N–H and O–H groups in total. The van der Waals surface area contributed by atoms with E-state index in [4.69, 9.17) is 14.2 Å². The van der Waals surface area contributed by atoms with Gasteiger partial charge in [0.05, 0.1) is 11.7 Å². The largest absolute Gasteiger partial charge is 0.453 e. The molecule has 2 rings (SSSR count). The quantitative estimate of drug-likeness (QED) is 0.768. The first-order valence-corrected chi connectivity index (χ1v) is 6.85. The lowest BCUT2D eigenvalue weighted by molar-refractivity contribution is -0.190. The number of carbonyl (C=O) groups is 2. The highest BCUT2D eigenvalue weighted by molar-refractivity contribution is 5.89. The third-order valence-corrected chi connectivity index (χ3v) is 3.24. The van der Waals surface area contributed by atoms with E-state index in [1.165, 1.54) is 6.92 Å². The Bertz CT molecular complexity index is 528. The van der Waals surface area contributed by atoms with Gasteiger partial charge in [0.1, 0.15) is 6.10 Å². The van der Waals surface area contributed by atoms with Crippen molar-refractivity contribution in [2.75, 3.05) is 0 Å². The molecule has 7 nitrogen and oxygen atoms in total. The van der Waals surface area contributed by atoms with Gasteiger partial charge in [-0.05, 0) is 19.1 Å². The van der Waals surface area contributed by atoms with Crippen molar-refractivity contribution < 1.29 is 34.0 Å². The number of aliphatic hydroxyl groups is 2. The lowest BCUT2D eigenvalue weighted by Gasteiger charge is -2.22. The Labute approximate surface area is 127 Å². The number of benzene rings is 1. The van der Waals surface area contributed by atoms with E-state index in [2.05, 4.69) is 0 Å². The summed E-state index contributed by atoms with van der Waals surface area (Å²) < 4.78 is 15.3. The Morgan fingerprint density at radius 3 is 2.41 bits per heavy atom. The first-order valence-electron chi connectivity index (χ1n) is 6.85. The zero-order chi connectivity index (χ0) is 16.3. The summed E-state index contributed by atoms with van der Waals surface area (Å²) in [5.41, 5.74) is 0.301. The number of rotatable bonds is 4. The summed E-state index contributed by atoms with van der Waals surface area (Å²) >= 11 is 0. The summed E-state index contributed by atoms with van der Waals surface area (Å²) in [5, 5.41) is 19.8. The Morgan fingerprint density at radius 1 is 1.23 bits per heavy atom. The van der Waals surface area contributed by atoms with Crippen LogP contribution in [0.1, 0.15) is 24.2 Å². The van der Waals surface area contributed by atoms with E-state index in [-0.39, 0.29) is 0 Å². The molecule has 0 radical (unpaired) electrons. The zero-order valence-corrected chi connectivity index (χ0v) is 12.2. The molecular weight excluding hydrogens is 292 g/mol. The number of hydrogen-bond donors (Lipinski definition) is 2. The van der Waals surface area contributed by atoms with Crippen molar-refractivity contribution in [1.29, 1.82) is 0 Å². The van der Waals surface area contributed by atoms with Gasteiger partial charge < -0.3 is 24.4 Å². The van der Waals surface area contributed by atoms with Gasteiger partial charge in [-0.2, -0.15) is 0 Å². The van der Waals surface area contributed by atoms with Crippen LogP contribution in [-0.2, 0) is 19.0 Å². The Kier molecular flexibility index (Phi) is 5.12. The van der Waals surface area contributed by atoms with Gasteiger partial charge in [-0.25, -0.2) is 4.79 Å². The van der Waals surface area contributed by atoms with Crippen molar-refractivity contribution in [3.63, 3.8) is 0 Å². The summed E-state index contributed by atoms with van der Waals surface area (Å²) in [6.07, 6.45) is -5.82. The molecule has 1 aliphatic rings. The molecule has 2 unspecified atom stereocenters. The lowest BCUT2D eigenvalue weighted by Crippen LogP contribution is -2.41. The summed E-state index contributed by atoms with van der Waals surface area (Å²) in [5.74, 6) is -1.31. The van der Waals surface area contributed by atoms with Crippen LogP contribution in [-0.4, -0.2) is 52.9 Å². The molecule has 5 atom stereocenters. The van der Waals surface area contributed by atoms with Crippen molar-refractivity contribution >= 4 is 11.9 Å². The first kappa shape index (κ1) is 16.4. The van der Waals surface area contributed by atoms with Crippen molar-refractivity contribution in [2.45, 2.75) is 44.6 Å². The monoisotopic (exact) mass is 310 g/mol. The molecule has 1 fully saturated rings. The summed E-state index contributed by atoms with van der Waals surface area (Å²) in [4.78, 5) is 23.1. The van der Waals surface area contributed by atoms with E-state index in [1.54, 1.807) is 30.3 Å². The molecule has 0 bridgehead atoms. The third kappa shape index (κ3) is 3.62. The van der Waals surface area contributed by atoms with Gasteiger partial charge in [-0.15, -0.1) is 0 Å². The molecule has 0 saturated carbocycles. The molecule has 7 heteroatoms. The number of carbonyl (C=O) groups excluding carboxylic acids is 2. The highest BCUT2D eigenvalue weighted by atomic mass is 16.7. The predicted octanol–water partition coefficient (Wildman–Crippen LogP) is 0.242. The molecule has 1 heterocycles. The topological polar surface area (TPSA) is 102 Å². The highest BCUT2D eigenvalue weighted by Crippen LogP contribution is 2.28. The van der Waals surface area contributed by atoms with Gasteiger partial charge in [-0.1, -0.05) is 18.2 Å². The summed E-state index contributed by atoms with van der Waals surface area (Å²) in [7, 11) is 0. The first-order chi connectivity index (χ1) is 10.4. The maximum Gasteiger partial charge on any atom is 0.338 e. The normalized spacial score (nSPS) is 28.9. The standard InChI is InChI=1S/C15H18O7/c1-8(16)12-13(11(18)15(22-12)20-9(2)17)21-14(19)10-6-4-3-5-7-10/h3-8,11-13,15-16,18H,1-2H3/t8?,11-,12-,13+,15?/m1/s1. The van der Waals surface area contributed by atoms with Gasteiger partial charge in [0.15, 0.2) is 12.2 Å². The second-order valence-corrected chi connectivity index (χ2v) is 5.05. The number of esters is 2. The van der Waals surface area contributed by atoms with Crippen LogP contribution in [0, 0.1) is 0 Å². The predicted molar refractivity (Wildman–Crippen MR) is 73.8 cm³/mol. The molecule has 120 valence electrons. The van der Waals surface area contributed by atoms with Gasteiger partial charge in [0.2, 0.25) is 6.29 Å². The molecule has 1 saturated heterocycles. The fourth-order valence-corrected chi connectivity index (χ4v) is 2.21. The van der Waals surface area contributed by atoms with E-state index in [0.717, 1.165) is 6.92 Å². The zero-order valence-electron chi connectivity index (χ0n) is 12.2. The number of aliphatic hydroxyl groups excluding tert-OH is 2. The molecule has 1 aliphatic heterocycles. The molecule has 22 heavy (non-hydrogen) atoms. The van der Waals surface area contributed by atoms with Crippen LogP contribution in [0.25, 0.3) is 0 Å². The number of ether oxygens (including phenoxy) is 3. The van der Waals surface area contributed by atoms with E-state index in [9.17, 15) is 19.8 Å². The van der Waals surface area contributed by atoms with Crippen molar-refractivity contribution in [1.82, 2.24) is 0 Å². The third-order valence-electron chi connectivity index (χ3n) is 3.24. The molecule has 1 aromatic carbocycles. The maximum atomic E-state index is 12.1. The van der Waals surface area contributed by atoms with Crippen LogP contribution in [0.5, 0.6) is 0 Å². The van der Waals surface area contributed by atoms with E-state index in [0.29, 0.717) is 5.56 Å². The van der Waals surface area contributed by atoms with Crippen LogP contribution in [0.2, 0.25) is 0 Å². The van der Waals surface area contributed by atoms with Gasteiger partial charge in [0.25, 0.3) is 0 Å². The molecule has 0 aliphatic carbocycles. The van der Waals surface area contributed by atoms with Crippen molar-refractivity contribution in [3.8, 4) is 0 Å². The van der Waals surface area contributed by atoms with Gasteiger partial charge >= 0.3 is 11.9 Å². The Morgan fingerprint density at radius 2 is 1.86 bits per heavy atom. The average Bonchev–Trinajstić information content (AvgIpc) is 2.77. The van der Waals surface area contributed by atoms with E-state index < -0.39 is 42.6 Å². The maximum absolute atomic E-state index is 12.1. The number of hydrogen-bond acceptors (Lipinski definition) is 7. The lowest BCUT2D eigenvalue weighted by atomic mass is 10.1. The van der Waals surface area contributed by atoms with Crippen LogP contribution < -0.4 is 0 Å². The fraction of sp³-hybridized carbons (Fsp3) is 0.467. The van der Waals surface area contributed by atoms with Crippen LogP contribution in [0.4, 0.5) is 0 Å². The molecule has 0 spiro atoms. The van der Waals surface area contributed by atoms with Crippen LogP contribution >= 0.6 is 0 Å². The minimum Gasteiger partial charge on any atom is -0.453 e. The second-order valence-electron chi connectivity index (χ2n) is 5.05. The van der Waals surface area contributed by atoms with Crippen LogP contribution in [0.15, 0.2) is 30.3 Å². The average molecular weight is 310 g/mol. The molecule has 1 aromatic rings. The van der Waals surface area contributed by atoms with Gasteiger partial charge in [-0.3, -0.25) is 4.79 Å². The van der Waals surface area contributed by atoms with Crippen LogP contribution in [0.3, 0.4) is 0 Å². The van der Waals surface area contributed by atoms with Gasteiger partial charge in [0, 0.05) is 6.92 Å². The SMILES string of the molecule is CC(=O)OC1O[C@H](C(C)O)[C@@H](OC(=O)c2ccccc2)[C@H]1O. The Balaban J connectivity index is 2.12. The minimum atomic E-state index is -1.38. The fourth-order valence-electron chi connectivity index (χ4n) is 2.21. The van der Waals surface area contributed by atoms with E-state index >= 15 is 0 Å². The minimum absolute atomic E-state index is 0.301. The second kappa shape index (κ2) is 6.87.